The summed E-state index contributed by atoms with van der Waals surface area (Å²) in [5, 5.41) is 3.59. The Morgan fingerprint density at radius 3 is 2.67 bits per heavy atom. The molecule has 2 aliphatic carbocycles. The van der Waals surface area contributed by atoms with Gasteiger partial charge in [-0.2, -0.15) is 0 Å². The fourth-order valence-corrected chi connectivity index (χ4v) is 4.03. The van der Waals surface area contributed by atoms with E-state index in [2.05, 4.69) is 22.2 Å². The predicted octanol–water partition coefficient (Wildman–Crippen LogP) is 0.543. The Labute approximate surface area is 128 Å². The van der Waals surface area contributed by atoms with Gasteiger partial charge in [0.2, 0.25) is 5.91 Å². The number of nitrogens with one attached hydrogen (secondary N) is 1. The molecule has 0 aromatic heterocycles. The van der Waals surface area contributed by atoms with E-state index in [1.165, 1.54) is 32.2 Å². The van der Waals surface area contributed by atoms with E-state index in [1.54, 1.807) is 0 Å². The summed E-state index contributed by atoms with van der Waals surface area (Å²) in [6.07, 6.45) is 7.78. The minimum Gasteiger partial charge on any atom is -0.368 e. The molecule has 2 unspecified atom stereocenters. The van der Waals surface area contributed by atoms with Gasteiger partial charge in [0.1, 0.15) is 0 Å². The maximum absolute atomic E-state index is 12.1. The molecule has 0 spiro atoms. The Morgan fingerprint density at radius 1 is 1.14 bits per heavy atom. The molecule has 1 saturated heterocycles. The summed E-state index contributed by atoms with van der Waals surface area (Å²) in [7, 11) is 2.20. The highest BCUT2D eigenvalue weighted by molar-refractivity contribution is 5.85. The topological polar surface area (TPSA) is 61.6 Å². The molecule has 0 aromatic rings. The van der Waals surface area contributed by atoms with Gasteiger partial charge in [0.25, 0.3) is 0 Å². The Morgan fingerprint density at radius 2 is 1.95 bits per heavy atom. The molecule has 3 rings (SSSR count). The lowest BCUT2D eigenvalue weighted by molar-refractivity contribution is -0.126. The van der Waals surface area contributed by atoms with Crippen LogP contribution >= 0.6 is 0 Å². The number of hydrogen-bond donors (Lipinski definition) is 2. The average molecular weight is 294 g/mol. The van der Waals surface area contributed by atoms with E-state index < -0.39 is 5.54 Å². The molecule has 3 N–H and O–H groups in total. The van der Waals surface area contributed by atoms with E-state index in [1.807, 2.05) is 0 Å². The van der Waals surface area contributed by atoms with Crippen molar-refractivity contribution in [3.63, 3.8) is 0 Å². The average Bonchev–Trinajstić information content (AvgIpc) is 3.27. The monoisotopic (exact) mass is 294 g/mol. The van der Waals surface area contributed by atoms with Crippen molar-refractivity contribution in [2.75, 3.05) is 33.2 Å². The van der Waals surface area contributed by atoms with Gasteiger partial charge in [-0.25, -0.2) is 0 Å². The van der Waals surface area contributed by atoms with Crippen molar-refractivity contribution in [1.29, 1.82) is 0 Å². The van der Waals surface area contributed by atoms with Crippen LogP contribution in [0.2, 0.25) is 0 Å². The number of carbonyl (C=O) groups is 1. The van der Waals surface area contributed by atoms with E-state index in [9.17, 15) is 4.79 Å². The van der Waals surface area contributed by atoms with E-state index in [0.29, 0.717) is 12.1 Å². The van der Waals surface area contributed by atoms with Crippen LogP contribution in [0.1, 0.15) is 44.9 Å². The Bertz CT molecular complexity index is 384. The minimum atomic E-state index is -0.442. The van der Waals surface area contributed by atoms with E-state index in [-0.39, 0.29) is 5.91 Å². The van der Waals surface area contributed by atoms with Gasteiger partial charge in [-0.15, -0.1) is 0 Å². The number of nitrogens with two attached hydrogens (primary N) is 1. The first-order valence-corrected chi connectivity index (χ1v) is 8.59. The third-order valence-corrected chi connectivity index (χ3v) is 5.52. The summed E-state index contributed by atoms with van der Waals surface area (Å²) in [4.78, 5) is 17.1. The molecule has 1 aliphatic heterocycles. The van der Waals surface area contributed by atoms with E-state index >= 15 is 0 Å². The van der Waals surface area contributed by atoms with Gasteiger partial charge in [-0.05, 0) is 65.1 Å². The van der Waals surface area contributed by atoms with Crippen LogP contribution in [-0.2, 0) is 4.79 Å². The molecule has 2 atom stereocenters. The van der Waals surface area contributed by atoms with Crippen molar-refractivity contribution in [3.05, 3.63) is 0 Å². The fourth-order valence-electron chi connectivity index (χ4n) is 4.03. The summed E-state index contributed by atoms with van der Waals surface area (Å²) in [6, 6.07) is 1.05. The molecule has 0 radical (unpaired) electrons. The van der Waals surface area contributed by atoms with Gasteiger partial charge >= 0.3 is 0 Å². The molecule has 5 nitrogen and oxygen atoms in total. The van der Waals surface area contributed by atoms with Crippen LogP contribution in [0, 0.1) is 0 Å². The molecule has 0 bridgehead atoms. The SMILES string of the molecule is CN1CCCN(C2CCCC(NC3CC3)(C(N)=O)C2)CC1. The van der Waals surface area contributed by atoms with Gasteiger partial charge < -0.3 is 16.0 Å². The van der Waals surface area contributed by atoms with Crippen LogP contribution in [0.4, 0.5) is 0 Å². The van der Waals surface area contributed by atoms with Gasteiger partial charge in [0.05, 0.1) is 5.54 Å². The molecular formula is C16H30N4O. The van der Waals surface area contributed by atoms with Crippen molar-refractivity contribution in [2.24, 2.45) is 5.73 Å². The van der Waals surface area contributed by atoms with Crippen LogP contribution in [0.5, 0.6) is 0 Å². The smallest absolute Gasteiger partial charge is 0.237 e. The second-order valence-corrected chi connectivity index (χ2v) is 7.31. The van der Waals surface area contributed by atoms with Crippen molar-refractivity contribution in [1.82, 2.24) is 15.1 Å². The summed E-state index contributed by atoms with van der Waals surface area (Å²) in [6.45, 7) is 4.60. The molecule has 3 aliphatic rings. The molecule has 0 aromatic carbocycles. The number of rotatable bonds is 4. The highest BCUT2D eigenvalue weighted by Crippen LogP contribution is 2.35. The van der Waals surface area contributed by atoms with E-state index in [4.69, 9.17) is 5.73 Å². The van der Waals surface area contributed by atoms with Gasteiger partial charge in [-0.3, -0.25) is 9.69 Å². The van der Waals surface area contributed by atoms with Gasteiger partial charge in [0.15, 0.2) is 0 Å². The molecule has 120 valence electrons. The molecule has 3 fully saturated rings. The summed E-state index contributed by atoms with van der Waals surface area (Å²) in [5.74, 6) is -0.133. The maximum Gasteiger partial charge on any atom is 0.237 e. The number of carbonyl (C=O) groups excluding carboxylic acids is 1. The second kappa shape index (κ2) is 6.23. The number of primary amides is 1. The zero-order chi connectivity index (χ0) is 14.9. The maximum atomic E-state index is 12.1. The van der Waals surface area contributed by atoms with Crippen LogP contribution < -0.4 is 11.1 Å². The molecule has 21 heavy (non-hydrogen) atoms. The summed E-state index contributed by atoms with van der Waals surface area (Å²) in [5.41, 5.74) is 5.35. The van der Waals surface area contributed by atoms with Crippen LogP contribution in [0.15, 0.2) is 0 Å². The second-order valence-electron chi connectivity index (χ2n) is 7.31. The fraction of sp³-hybridized carbons (Fsp3) is 0.938. The summed E-state index contributed by atoms with van der Waals surface area (Å²) >= 11 is 0. The number of likely N-dealkylation sites (N-methyl/N-ethyl adjacent to an activating group) is 1. The lowest BCUT2D eigenvalue weighted by atomic mass is 9.77. The minimum absolute atomic E-state index is 0.133. The van der Waals surface area contributed by atoms with Gasteiger partial charge in [0, 0.05) is 25.2 Å². The predicted molar refractivity (Wildman–Crippen MR) is 84.0 cm³/mol. The quantitative estimate of drug-likeness (QED) is 0.794. The number of amides is 1. The third-order valence-electron chi connectivity index (χ3n) is 5.52. The number of hydrogen-bond acceptors (Lipinski definition) is 4. The molecular weight excluding hydrogens is 264 g/mol. The molecule has 1 amide bonds. The van der Waals surface area contributed by atoms with Crippen LogP contribution in [0.3, 0.4) is 0 Å². The van der Waals surface area contributed by atoms with Crippen molar-refractivity contribution in [2.45, 2.75) is 62.6 Å². The highest BCUT2D eigenvalue weighted by atomic mass is 16.1. The molecule has 2 saturated carbocycles. The number of nitrogens with zero attached hydrogens (tertiary/aromatic N) is 2. The standard InChI is InChI=1S/C16H30N4O/c1-19-8-3-9-20(11-10-19)14-4-2-7-16(12-14,15(17)21)18-13-5-6-13/h13-14,18H,2-12H2,1H3,(H2,17,21). The van der Waals surface area contributed by atoms with Crippen LogP contribution in [0.25, 0.3) is 0 Å². The van der Waals surface area contributed by atoms with E-state index in [0.717, 1.165) is 38.9 Å². The first-order chi connectivity index (χ1) is 10.1. The third kappa shape index (κ3) is 3.58. The van der Waals surface area contributed by atoms with Crippen molar-refractivity contribution < 1.29 is 4.79 Å². The summed E-state index contributed by atoms with van der Waals surface area (Å²) < 4.78 is 0. The largest absolute Gasteiger partial charge is 0.368 e. The Balaban J connectivity index is 1.66. The normalized spacial score (nSPS) is 36.3. The molecule has 5 heteroatoms. The van der Waals surface area contributed by atoms with Gasteiger partial charge in [-0.1, -0.05) is 0 Å². The Hall–Kier alpha value is -0.650. The zero-order valence-electron chi connectivity index (χ0n) is 13.3. The first kappa shape index (κ1) is 15.3. The Kier molecular flexibility index (Phi) is 4.52. The molecule has 1 heterocycles. The lowest BCUT2D eigenvalue weighted by Crippen LogP contribution is -2.61. The van der Waals surface area contributed by atoms with Crippen LogP contribution in [-0.4, -0.2) is 66.6 Å². The first-order valence-electron chi connectivity index (χ1n) is 8.59. The highest BCUT2D eigenvalue weighted by Gasteiger charge is 2.45. The zero-order valence-corrected chi connectivity index (χ0v) is 13.3. The van der Waals surface area contributed by atoms with Crippen molar-refractivity contribution >= 4 is 5.91 Å². The van der Waals surface area contributed by atoms with Crippen molar-refractivity contribution in [3.8, 4) is 0 Å². The lowest BCUT2D eigenvalue weighted by Gasteiger charge is -2.43.